The van der Waals surface area contributed by atoms with Gasteiger partial charge in [0.1, 0.15) is 6.07 Å². The van der Waals surface area contributed by atoms with E-state index in [1.165, 1.54) is 5.56 Å². The van der Waals surface area contributed by atoms with Crippen LogP contribution in [0.3, 0.4) is 0 Å². The molecule has 2 aromatic carbocycles. The van der Waals surface area contributed by atoms with E-state index < -0.39 is 0 Å². The van der Waals surface area contributed by atoms with Gasteiger partial charge in [-0.25, -0.2) is 0 Å². The molecule has 2 N–H and O–H groups in total. The number of nitriles is 1. The van der Waals surface area contributed by atoms with Crippen molar-refractivity contribution in [3.8, 4) is 6.07 Å². The first kappa shape index (κ1) is 14.0. The number of benzene rings is 2. The van der Waals surface area contributed by atoms with Gasteiger partial charge < -0.3 is 10.6 Å². The molecule has 0 saturated heterocycles. The van der Waals surface area contributed by atoms with Gasteiger partial charge in [-0.3, -0.25) is 0 Å². The Morgan fingerprint density at radius 3 is 2.45 bits per heavy atom. The Kier molecular flexibility index (Phi) is 4.27. The van der Waals surface area contributed by atoms with Gasteiger partial charge in [0.25, 0.3) is 0 Å². The quantitative estimate of drug-likeness (QED) is 0.861. The molecule has 0 aromatic heterocycles. The van der Waals surface area contributed by atoms with Crippen LogP contribution in [0, 0.1) is 18.3 Å². The average Bonchev–Trinajstić information content (AvgIpc) is 2.46. The van der Waals surface area contributed by atoms with Crippen molar-refractivity contribution in [2.24, 2.45) is 0 Å². The van der Waals surface area contributed by atoms with E-state index in [-0.39, 0.29) is 0 Å². The first-order valence-corrected chi connectivity index (χ1v) is 6.74. The van der Waals surface area contributed by atoms with Gasteiger partial charge in [0.2, 0.25) is 0 Å². The predicted octanol–water partition coefficient (Wildman–Crippen LogP) is 3.48. The van der Waals surface area contributed by atoms with Crippen LogP contribution in [0.4, 0.5) is 11.4 Å². The number of nitrogens with zero attached hydrogens (tertiary/aromatic N) is 2. The van der Waals surface area contributed by atoms with Crippen molar-refractivity contribution >= 4 is 11.4 Å². The van der Waals surface area contributed by atoms with Gasteiger partial charge in [0, 0.05) is 18.8 Å². The van der Waals surface area contributed by atoms with Crippen LogP contribution < -0.4 is 10.6 Å². The smallest absolute Gasteiger partial charge is 0.101 e. The first-order valence-electron chi connectivity index (χ1n) is 6.74. The lowest BCUT2D eigenvalue weighted by Gasteiger charge is -2.24. The lowest BCUT2D eigenvalue weighted by molar-refractivity contribution is 0.830. The summed E-state index contributed by atoms with van der Waals surface area (Å²) in [5.41, 5.74) is 10.5. The normalized spacial score (nSPS) is 10.1. The standard InChI is InChI=1S/C17H19N3/c1-3-20(12-14-5-8-16(19)9-6-14)17-10-13(2)4-7-15(17)11-18/h4-10H,3,12,19H2,1-2H3. The zero-order valence-electron chi connectivity index (χ0n) is 11.9. The van der Waals surface area contributed by atoms with Crippen LogP contribution in [0.25, 0.3) is 0 Å². The molecule has 0 fully saturated rings. The number of nitrogens with two attached hydrogens (primary N) is 1. The second-order valence-electron chi connectivity index (χ2n) is 4.89. The van der Waals surface area contributed by atoms with Crippen LogP contribution in [-0.2, 0) is 6.54 Å². The third kappa shape index (κ3) is 3.10. The zero-order chi connectivity index (χ0) is 14.5. The van der Waals surface area contributed by atoms with Crippen molar-refractivity contribution in [3.05, 3.63) is 59.2 Å². The van der Waals surface area contributed by atoms with Crippen molar-refractivity contribution < 1.29 is 0 Å². The molecule has 0 atom stereocenters. The van der Waals surface area contributed by atoms with Crippen molar-refractivity contribution in [1.82, 2.24) is 0 Å². The summed E-state index contributed by atoms with van der Waals surface area (Å²) in [5.74, 6) is 0. The summed E-state index contributed by atoms with van der Waals surface area (Å²) in [4.78, 5) is 2.21. The number of nitrogen functional groups attached to an aromatic ring is 1. The first-order chi connectivity index (χ1) is 9.63. The number of anilines is 2. The van der Waals surface area contributed by atoms with E-state index >= 15 is 0 Å². The molecule has 102 valence electrons. The third-order valence-electron chi connectivity index (χ3n) is 3.35. The van der Waals surface area contributed by atoms with Gasteiger partial charge in [-0.2, -0.15) is 5.26 Å². The van der Waals surface area contributed by atoms with E-state index in [2.05, 4.69) is 24.0 Å². The summed E-state index contributed by atoms with van der Waals surface area (Å²) < 4.78 is 0. The van der Waals surface area contributed by atoms with E-state index in [4.69, 9.17) is 5.73 Å². The Balaban J connectivity index is 2.31. The summed E-state index contributed by atoms with van der Waals surface area (Å²) in [6.07, 6.45) is 0. The molecule has 0 saturated carbocycles. The summed E-state index contributed by atoms with van der Waals surface area (Å²) >= 11 is 0. The Morgan fingerprint density at radius 2 is 1.85 bits per heavy atom. The van der Waals surface area contributed by atoms with Crippen molar-refractivity contribution in [1.29, 1.82) is 5.26 Å². The van der Waals surface area contributed by atoms with E-state index in [0.29, 0.717) is 5.56 Å². The highest BCUT2D eigenvalue weighted by atomic mass is 15.1. The molecule has 0 heterocycles. The molecule has 0 aliphatic heterocycles. The molecule has 0 aliphatic carbocycles. The fourth-order valence-electron chi connectivity index (χ4n) is 2.21. The summed E-state index contributed by atoms with van der Waals surface area (Å²) in [6, 6.07) is 16.1. The molecular formula is C17H19N3. The second-order valence-corrected chi connectivity index (χ2v) is 4.89. The molecule has 3 heteroatoms. The summed E-state index contributed by atoms with van der Waals surface area (Å²) in [7, 11) is 0. The zero-order valence-corrected chi connectivity index (χ0v) is 11.9. The van der Waals surface area contributed by atoms with Crippen LogP contribution in [-0.4, -0.2) is 6.54 Å². The Morgan fingerprint density at radius 1 is 1.15 bits per heavy atom. The van der Waals surface area contributed by atoms with Gasteiger partial charge in [0.05, 0.1) is 11.3 Å². The van der Waals surface area contributed by atoms with Crippen molar-refractivity contribution in [2.45, 2.75) is 20.4 Å². The highest BCUT2D eigenvalue weighted by Gasteiger charge is 2.10. The molecule has 2 aromatic rings. The Labute approximate surface area is 120 Å². The monoisotopic (exact) mass is 265 g/mol. The van der Waals surface area contributed by atoms with E-state index in [1.54, 1.807) is 0 Å². The molecule has 0 unspecified atom stereocenters. The highest BCUT2D eigenvalue weighted by Crippen LogP contribution is 2.23. The van der Waals surface area contributed by atoms with Crippen LogP contribution in [0.2, 0.25) is 0 Å². The van der Waals surface area contributed by atoms with Crippen LogP contribution in [0.15, 0.2) is 42.5 Å². The minimum atomic E-state index is 0.716. The van der Waals surface area contributed by atoms with Crippen LogP contribution in [0.1, 0.15) is 23.6 Å². The topological polar surface area (TPSA) is 53.0 Å². The SMILES string of the molecule is CCN(Cc1ccc(N)cc1)c1cc(C)ccc1C#N. The molecule has 20 heavy (non-hydrogen) atoms. The Hall–Kier alpha value is -2.47. The molecular weight excluding hydrogens is 246 g/mol. The maximum Gasteiger partial charge on any atom is 0.101 e. The third-order valence-corrected chi connectivity index (χ3v) is 3.35. The van der Waals surface area contributed by atoms with Crippen LogP contribution in [0.5, 0.6) is 0 Å². The van der Waals surface area contributed by atoms with Gasteiger partial charge >= 0.3 is 0 Å². The number of aryl methyl sites for hydroxylation is 1. The lowest BCUT2D eigenvalue weighted by atomic mass is 10.1. The molecule has 0 aliphatic rings. The van der Waals surface area contributed by atoms with E-state index in [0.717, 1.165) is 30.0 Å². The molecule has 0 amide bonds. The molecule has 3 nitrogen and oxygen atoms in total. The molecule has 0 bridgehead atoms. The van der Waals surface area contributed by atoms with Crippen molar-refractivity contribution in [3.63, 3.8) is 0 Å². The number of rotatable bonds is 4. The van der Waals surface area contributed by atoms with E-state index in [9.17, 15) is 5.26 Å². The molecule has 0 radical (unpaired) electrons. The lowest BCUT2D eigenvalue weighted by Crippen LogP contribution is -2.23. The van der Waals surface area contributed by atoms with Gasteiger partial charge in [0.15, 0.2) is 0 Å². The van der Waals surface area contributed by atoms with Gasteiger partial charge in [-0.05, 0) is 49.2 Å². The largest absolute Gasteiger partial charge is 0.399 e. The van der Waals surface area contributed by atoms with Gasteiger partial charge in [-0.1, -0.05) is 18.2 Å². The fourth-order valence-corrected chi connectivity index (χ4v) is 2.21. The minimum Gasteiger partial charge on any atom is -0.399 e. The average molecular weight is 265 g/mol. The Bertz CT molecular complexity index is 624. The summed E-state index contributed by atoms with van der Waals surface area (Å²) in [5, 5.41) is 9.26. The predicted molar refractivity (Wildman–Crippen MR) is 83.5 cm³/mol. The van der Waals surface area contributed by atoms with Crippen molar-refractivity contribution in [2.75, 3.05) is 17.2 Å². The molecule has 0 spiro atoms. The van der Waals surface area contributed by atoms with Gasteiger partial charge in [-0.15, -0.1) is 0 Å². The summed E-state index contributed by atoms with van der Waals surface area (Å²) in [6.45, 7) is 5.76. The second kappa shape index (κ2) is 6.12. The maximum absolute atomic E-state index is 9.26. The minimum absolute atomic E-state index is 0.716. The van der Waals surface area contributed by atoms with E-state index in [1.807, 2.05) is 43.3 Å². The maximum atomic E-state index is 9.26. The van der Waals surface area contributed by atoms with Crippen LogP contribution >= 0.6 is 0 Å². The highest BCUT2D eigenvalue weighted by molar-refractivity contribution is 5.61. The molecule has 2 rings (SSSR count). The fraction of sp³-hybridized carbons (Fsp3) is 0.235. The number of hydrogen-bond acceptors (Lipinski definition) is 3. The number of hydrogen-bond donors (Lipinski definition) is 1.